The third kappa shape index (κ3) is 4.59. The minimum absolute atomic E-state index is 0.855. The molecule has 0 aromatic rings. The lowest BCUT2D eigenvalue weighted by molar-refractivity contribution is 0.304. The van der Waals surface area contributed by atoms with Crippen molar-refractivity contribution in [2.24, 2.45) is 0 Å². The standard InChI is InChI=1S/C15H29N2/c1-16-11-8-10-15(16)9-4-2-3-5-12-17-13-6-7-14-17/h4,15H,2-3,5-14H2,1H3. The van der Waals surface area contributed by atoms with Gasteiger partial charge in [0.15, 0.2) is 0 Å². The smallest absolute Gasteiger partial charge is 0.00954 e. The van der Waals surface area contributed by atoms with E-state index in [1.165, 1.54) is 77.5 Å². The minimum Gasteiger partial charge on any atom is -0.303 e. The second-order valence-corrected chi connectivity index (χ2v) is 5.85. The van der Waals surface area contributed by atoms with Crippen molar-refractivity contribution in [2.75, 3.05) is 33.2 Å². The van der Waals surface area contributed by atoms with Crippen molar-refractivity contribution >= 4 is 0 Å². The molecule has 0 spiro atoms. The fourth-order valence-electron chi connectivity index (χ4n) is 3.22. The van der Waals surface area contributed by atoms with Crippen molar-refractivity contribution in [2.45, 2.75) is 57.4 Å². The molecule has 2 aliphatic heterocycles. The normalized spacial score (nSPS) is 27.0. The van der Waals surface area contributed by atoms with Crippen LogP contribution in [0.2, 0.25) is 0 Å². The van der Waals surface area contributed by atoms with Crippen LogP contribution >= 0.6 is 0 Å². The van der Waals surface area contributed by atoms with Crippen LogP contribution in [-0.4, -0.2) is 49.1 Å². The van der Waals surface area contributed by atoms with Gasteiger partial charge in [0.2, 0.25) is 0 Å². The van der Waals surface area contributed by atoms with Crippen molar-refractivity contribution in [3.63, 3.8) is 0 Å². The van der Waals surface area contributed by atoms with Gasteiger partial charge in [-0.25, -0.2) is 0 Å². The van der Waals surface area contributed by atoms with E-state index < -0.39 is 0 Å². The fourth-order valence-corrected chi connectivity index (χ4v) is 3.22. The first-order chi connectivity index (χ1) is 8.36. The van der Waals surface area contributed by atoms with Crippen LogP contribution in [0, 0.1) is 6.42 Å². The molecule has 1 radical (unpaired) electrons. The fraction of sp³-hybridized carbons (Fsp3) is 0.933. The maximum Gasteiger partial charge on any atom is 0.00954 e. The summed E-state index contributed by atoms with van der Waals surface area (Å²) in [4.78, 5) is 5.16. The number of nitrogens with zero attached hydrogens (tertiary/aromatic N) is 2. The predicted molar refractivity (Wildman–Crippen MR) is 74.1 cm³/mol. The molecule has 2 saturated heterocycles. The first kappa shape index (κ1) is 13.4. The molecule has 0 bridgehead atoms. The van der Waals surface area contributed by atoms with Gasteiger partial charge in [0.05, 0.1) is 0 Å². The van der Waals surface area contributed by atoms with E-state index in [0.717, 1.165) is 6.04 Å². The van der Waals surface area contributed by atoms with Crippen LogP contribution in [0.25, 0.3) is 0 Å². The third-order valence-corrected chi connectivity index (χ3v) is 4.44. The molecule has 0 aliphatic carbocycles. The third-order valence-electron chi connectivity index (χ3n) is 4.44. The summed E-state index contributed by atoms with van der Waals surface area (Å²) in [6.45, 7) is 5.37. The molecule has 2 nitrogen and oxygen atoms in total. The van der Waals surface area contributed by atoms with Crippen molar-refractivity contribution in [1.29, 1.82) is 0 Å². The van der Waals surface area contributed by atoms with Crippen LogP contribution in [0.3, 0.4) is 0 Å². The van der Waals surface area contributed by atoms with E-state index in [1.54, 1.807) is 0 Å². The second kappa shape index (κ2) is 7.38. The van der Waals surface area contributed by atoms with E-state index in [-0.39, 0.29) is 0 Å². The van der Waals surface area contributed by atoms with E-state index in [9.17, 15) is 0 Å². The lowest BCUT2D eigenvalue weighted by Gasteiger charge is -2.19. The molecule has 2 fully saturated rings. The Labute approximate surface area is 107 Å². The van der Waals surface area contributed by atoms with Gasteiger partial charge in [0.25, 0.3) is 0 Å². The highest BCUT2D eigenvalue weighted by molar-refractivity contribution is 4.82. The Morgan fingerprint density at radius 3 is 2.59 bits per heavy atom. The number of hydrogen-bond acceptors (Lipinski definition) is 2. The number of unbranched alkanes of at least 4 members (excludes halogenated alkanes) is 3. The van der Waals surface area contributed by atoms with Crippen LogP contribution in [0.4, 0.5) is 0 Å². The van der Waals surface area contributed by atoms with Crippen LogP contribution in [-0.2, 0) is 0 Å². The highest BCUT2D eigenvalue weighted by atomic mass is 15.1. The van der Waals surface area contributed by atoms with Crippen LogP contribution in [0.5, 0.6) is 0 Å². The summed E-state index contributed by atoms with van der Waals surface area (Å²) >= 11 is 0. The van der Waals surface area contributed by atoms with Gasteiger partial charge in [-0.2, -0.15) is 0 Å². The monoisotopic (exact) mass is 237 g/mol. The predicted octanol–water partition coefficient (Wildman–Crippen LogP) is 2.94. The summed E-state index contributed by atoms with van der Waals surface area (Å²) in [7, 11) is 2.28. The topological polar surface area (TPSA) is 6.48 Å². The lowest BCUT2D eigenvalue weighted by atomic mass is 10.1. The molecular formula is C15H29N2. The summed E-state index contributed by atoms with van der Waals surface area (Å²) in [6.07, 6.45) is 13.7. The molecule has 2 heteroatoms. The maximum atomic E-state index is 2.63. The second-order valence-electron chi connectivity index (χ2n) is 5.85. The average Bonchev–Trinajstić information content (AvgIpc) is 2.95. The average molecular weight is 237 g/mol. The van der Waals surface area contributed by atoms with Gasteiger partial charge < -0.3 is 9.80 Å². The zero-order valence-corrected chi connectivity index (χ0v) is 11.5. The molecule has 2 rings (SSSR count). The summed E-state index contributed by atoms with van der Waals surface area (Å²) in [5.74, 6) is 0. The Morgan fingerprint density at radius 1 is 1.06 bits per heavy atom. The number of rotatable bonds is 7. The lowest BCUT2D eigenvalue weighted by Crippen LogP contribution is -2.24. The molecule has 0 N–H and O–H groups in total. The number of likely N-dealkylation sites (tertiary alicyclic amines) is 2. The van der Waals surface area contributed by atoms with Crippen molar-refractivity contribution in [1.82, 2.24) is 9.80 Å². The van der Waals surface area contributed by atoms with Crippen molar-refractivity contribution < 1.29 is 0 Å². The Hall–Kier alpha value is -0.0800. The number of hydrogen-bond donors (Lipinski definition) is 0. The minimum atomic E-state index is 0.855. The van der Waals surface area contributed by atoms with Crippen LogP contribution in [0.15, 0.2) is 0 Å². The van der Waals surface area contributed by atoms with Gasteiger partial charge in [-0.1, -0.05) is 12.8 Å². The molecule has 99 valence electrons. The molecule has 0 aromatic carbocycles. The maximum absolute atomic E-state index is 2.63. The van der Waals surface area contributed by atoms with Crippen LogP contribution in [0.1, 0.15) is 51.4 Å². The molecule has 2 aliphatic rings. The molecule has 1 unspecified atom stereocenters. The van der Waals surface area contributed by atoms with E-state index >= 15 is 0 Å². The summed E-state index contributed by atoms with van der Waals surface area (Å²) in [5, 5.41) is 0. The molecule has 2 heterocycles. The van der Waals surface area contributed by atoms with Gasteiger partial charge in [0, 0.05) is 6.04 Å². The quantitative estimate of drug-likeness (QED) is 0.628. The van der Waals surface area contributed by atoms with Crippen molar-refractivity contribution in [3.05, 3.63) is 6.42 Å². The van der Waals surface area contributed by atoms with Gasteiger partial charge in [-0.05, 0) is 78.2 Å². The Bertz CT molecular complexity index is 199. The molecule has 17 heavy (non-hydrogen) atoms. The molecule has 0 amide bonds. The van der Waals surface area contributed by atoms with Crippen molar-refractivity contribution in [3.8, 4) is 0 Å². The Kier molecular flexibility index (Phi) is 5.79. The summed E-state index contributed by atoms with van der Waals surface area (Å²) < 4.78 is 0. The Morgan fingerprint density at radius 2 is 1.88 bits per heavy atom. The Balaban J connectivity index is 1.41. The molecular weight excluding hydrogens is 208 g/mol. The van der Waals surface area contributed by atoms with Gasteiger partial charge >= 0.3 is 0 Å². The first-order valence-corrected chi connectivity index (χ1v) is 7.60. The van der Waals surface area contributed by atoms with E-state index in [2.05, 4.69) is 23.3 Å². The van der Waals surface area contributed by atoms with Gasteiger partial charge in [0.1, 0.15) is 0 Å². The van der Waals surface area contributed by atoms with Gasteiger partial charge in [-0.15, -0.1) is 0 Å². The molecule has 0 saturated carbocycles. The van der Waals surface area contributed by atoms with E-state index in [1.807, 2.05) is 0 Å². The largest absolute Gasteiger partial charge is 0.303 e. The van der Waals surface area contributed by atoms with E-state index in [0.29, 0.717) is 0 Å². The highest BCUT2D eigenvalue weighted by Crippen LogP contribution is 2.20. The summed E-state index contributed by atoms with van der Waals surface area (Å²) in [5.41, 5.74) is 0. The van der Waals surface area contributed by atoms with Gasteiger partial charge in [-0.3, -0.25) is 0 Å². The SMILES string of the molecule is CN1CCCC1C[CH]CCCCN1CCCC1. The first-order valence-electron chi connectivity index (χ1n) is 7.60. The van der Waals surface area contributed by atoms with Crippen LogP contribution < -0.4 is 0 Å². The zero-order chi connectivity index (χ0) is 11.9. The highest BCUT2D eigenvalue weighted by Gasteiger charge is 2.19. The van der Waals surface area contributed by atoms with E-state index in [4.69, 9.17) is 0 Å². The summed E-state index contributed by atoms with van der Waals surface area (Å²) in [6, 6.07) is 0.855. The molecule has 1 atom stereocenters. The molecule has 0 aromatic heterocycles. The zero-order valence-electron chi connectivity index (χ0n) is 11.5.